The predicted molar refractivity (Wildman–Crippen MR) is 195 cm³/mol. The Hall–Kier alpha value is -5.40. The van der Waals surface area contributed by atoms with E-state index < -0.39 is 0 Å². The molecule has 0 fully saturated rings. The van der Waals surface area contributed by atoms with Crippen molar-refractivity contribution < 1.29 is 4.42 Å². The largest absolute Gasteiger partial charge is 0.456 e. The summed E-state index contributed by atoms with van der Waals surface area (Å²) >= 11 is 0. The van der Waals surface area contributed by atoms with Gasteiger partial charge in [-0.2, -0.15) is 0 Å². The van der Waals surface area contributed by atoms with Gasteiger partial charge in [-0.25, -0.2) is 0 Å². The Morgan fingerprint density at radius 2 is 1.07 bits per heavy atom. The number of benzene rings is 8. The second kappa shape index (κ2) is 8.86. The normalized spacial score (nSPS) is 13.8. The summed E-state index contributed by atoms with van der Waals surface area (Å²) in [4.78, 5) is 0. The number of aryl methyl sites for hydroxylation is 2. The molecule has 0 unspecified atom stereocenters. The third kappa shape index (κ3) is 3.30. The highest BCUT2D eigenvalue weighted by atomic mass is 16.3. The third-order valence-electron chi connectivity index (χ3n) is 10.7. The molecule has 0 amide bonds. The van der Waals surface area contributed by atoms with E-state index in [1.807, 2.05) is 0 Å². The van der Waals surface area contributed by atoms with Gasteiger partial charge < -0.3 is 4.42 Å². The van der Waals surface area contributed by atoms with E-state index in [2.05, 4.69) is 149 Å². The summed E-state index contributed by atoms with van der Waals surface area (Å²) in [5.74, 6) is 0. The van der Waals surface area contributed by atoms with E-state index in [9.17, 15) is 0 Å². The van der Waals surface area contributed by atoms with Crippen molar-refractivity contribution in [3.8, 4) is 33.4 Å². The summed E-state index contributed by atoms with van der Waals surface area (Å²) in [5, 5.41) is 10.2. The molecule has 10 rings (SSSR count). The van der Waals surface area contributed by atoms with Gasteiger partial charge >= 0.3 is 0 Å². The number of hydrogen-bond acceptors (Lipinski definition) is 1. The van der Waals surface area contributed by atoms with Gasteiger partial charge in [0.05, 0.1) is 0 Å². The van der Waals surface area contributed by atoms with Gasteiger partial charge in [0.25, 0.3) is 0 Å². The molecule has 218 valence electrons. The van der Waals surface area contributed by atoms with Crippen molar-refractivity contribution in [3.63, 3.8) is 0 Å². The monoisotopic (exact) mass is 588 g/mol. The van der Waals surface area contributed by atoms with Crippen LogP contribution >= 0.6 is 0 Å². The minimum atomic E-state index is -0.113. The molecule has 1 nitrogen and oxygen atoms in total. The van der Waals surface area contributed by atoms with Crippen LogP contribution in [0.4, 0.5) is 0 Å². The van der Waals surface area contributed by atoms with Crippen molar-refractivity contribution >= 4 is 54.3 Å². The summed E-state index contributed by atoms with van der Waals surface area (Å²) in [5.41, 5.74) is 14.8. The average Bonchev–Trinajstić information content (AvgIpc) is 3.55. The minimum absolute atomic E-state index is 0.113. The summed E-state index contributed by atoms with van der Waals surface area (Å²) in [6.45, 7) is 9.16. The lowest BCUT2D eigenvalue weighted by atomic mass is 9.78. The molecule has 0 spiro atoms. The van der Waals surface area contributed by atoms with Crippen LogP contribution in [0.25, 0.3) is 87.6 Å². The van der Waals surface area contributed by atoms with E-state index in [1.54, 1.807) is 0 Å². The van der Waals surface area contributed by atoms with Crippen LogP contribution in [0.1, 0.15) is 36.1 Å². The van der Waals surface area contributed by atoms with Gasteiger partial charge in [0.2, 0.25) is 0 Å². The van der Waals surface area contributed by atoms with Gasteiger partial charge in [0, 0.05) is 16.2 Å². The Kier molecular flexibility index (Phi) is 4.99. The molecular formula is C45H32O. The fourth-order valence-corrected chi connectivity index (χ4v) is 8.59. The predicted octanol–water partition coefficient (Wildman–Crippen LogP) is 12.7. The highest BCUT2D eigenvalue weighted by molar-refractivity contribution is 6.37. The summed E-state index contributed by atoms with van der Waals surface area (Å²) < 4.78 is 6.63. The minimum Gasteiger partial charge on any atom is -0.456 e. The maximum Gasteiger partial charge on any atom is 0.136 e. The van der Waals surface area contributed by atoms with Gasteiger partial charge in [-0.3, -0.25) is 0 Å². The smallest absolute Gasteiger partial charge is 0.136 e. The zero-order chi connectivity index (χ0) is 30.9. The van der Waals surface area contributed by atoms with E-state index in [1.165, 1.54) is 98.7 Å². The Balaban J connectivity index is 1.52. The Bertz CT molecular complexity index is 2730. The van der Waals surface area contributed by atoms with Crippen LogP contribution in [0.15, 0.2) is 126 Å². The van der Waals surface area contributed by atoms with Gasteiger partial charge in [0.1, 0.15) is 11.2 Å². The molecule has 1 aromatic heterocycles. The van der Waals surface area contributed by atoms with E-state index in [-0.39, 0.29) is 5.41 Å². The van der Waals surface area contributed by atoms with Crippen molar-refractivity contribution in [2.75, 3.05) is 0 Å². The quantitative estimate of drug-likeness (QED) is 0.183. The maximum atomic E-state index is 6.63. The number of hydrogen-bond donors (Lipinski definition) is 0. The van der Waals surface area contributed by atoms with Gasteiger partial charge in [0.15, 0.2) is 0 Å². The van der Waals surface area contributed by atoms with E-state index in [4.69, 9.17) is 4.42 Å². The zero-order valence-corrected chi connectivity index (χ0v) is 26.5. The maximum absolute atomic E-state index is 6.63. The van der Waals surface area contributed by atoms with Crippen LogP contribution in [0.3, 0.4) is 0 Å². The molecule has 1 aliphatic rings. The number of para-hydroxylation sites is 1. The SMILES string of the molecule is Cc1cccc(-c2cc3c4c(cc5c(-c6cccc(C)c6)cc6c7c(cc2c6c53)C(C)(C)c2ccccc2-7)oc2ccccc24)c1. The average molecular weight is 589 g/mol. The highest BCUT2D eigenvalue weighted by Gasteiger charge is 2.37. The van der Waals surface area contributed by atoms with Crippen molar-refractivity contribution in [1.29, 1.82) is 0 Å². The lowest BCUT2D eigenvalue weighted by Crippen LogP contribution is -2.15. The molecule has 0 saturated heterocycles. The fourth-order valence-electron chi connectivity index (χ4n) is 8.59. The highest BCUT2D eigenvalue weighted by Crippen LogP contribution is 2.56. The summed E-state index contributed by atoms with van der Waals surface area (Å²) in [6.07, 6.45) is 0. The second-order valence-electron chi connectivity index (χ2n) is 13.8. The first-order valence-corrected chi connectivity index (χ1v) is 16.3. The molecule has 1 heterocycles. The lowest BCUT2D eigenvalue weighted by Gasteiger charge is -2.25. The summed E-state index contributed by atoms with van der Waals surface area (Å²) in [7, 11) is 0. The molecule has 0 saturated carbocycles. The molecule has 0 bridgehead atoms. The van der Waals surface area contributed by atoms with E-state index in [0.29, 0.717) is 0 Å². The van der Waals surface area contributed by atoms with E-state index in [0.717, 1.165) is 11.2 Å². The standard InChI is InChI=1S/C45H32O/c1-25-11-9-13-27(19-25)31-22-36-42-30-16-6-8-18-39(30)46-40(42)24-34-32(28-14-10-12-26(2)20-28)21-35-41-29-15-5-7-17-37(29)45(3,4)38(41)23-33(31)43(35)44(34)36/h5-24H,1-4H3. The first kappa shape index (κ1) is 25.9. The first-order valence-electron chi connectivity index (χ1n) is 16.3. The fraction of sp³-hybridized carbons (Fsp3) is 0.111. The molecular weight excluding hydrogens is 556 g/mol. The van der Waals surface area contributed by atoms with Crippen LogP contribution in [-0.4, -0.2) is 0 Å². The van der Waals surface area contributed by atoms with Crippen molar-refractivity contribution in [2.45, 2.75) is 33.1 Å². The molecule has 0 atom stereocenters. The molecule has 1 heteroatoms. The van der Waals surface area contributed by atoms with Crippen LogP contribution in [0.5, 0.6) is 0 Å². The molecule has 9 aromatic rings. The van der Waals surface area contributed by atoms with Crippen molar-refractivity contribution in [2.24, 2.45) is 0 Å². The molecule has 1 aliphatic carbocycles. The van der Waals surface area contributed by atoms with Crippen LogP contribution in [-0.2, 0) is 5.41 Å². The van der Waals surface area contributed by atoms with Crippen molar-refractivity contribution in [3.05, 3.63) is 144 Å². The van der Waals surface area contributed by atoms with Gasteiger partial charge in [-0.15, -0.1) is 0 Å². The molecule has 0 aliphatic heterocycles. The second-order valence-corrected chi connectivity index (χ2v) is 13.8. The van der Waals surface area contributed by atoms with Crippen LogP contribution < -0.4 is 0 Å². The molecule has 8 aromatic carbocycles. The molecule has 0 N–H and O–H groups in total. The van der Waals surface area contributed by atoms with Gasteiger partial charge in [-0.05, 0) is 121 Å². The van der Waals surface area contributed by atoms with Crippen molar-refractivity contribution in [1.82, 2.24) is 0 Å². The Morgan fingerprint density at radius 1 is 0.435 bits per heavy atom. The molecule has 0 radical (unpaired) electrons. The Labute approximate surface area is 268 Å². The molecule has 46 heavy (non-hydrogen) atoms. The Morgan fingerprint density at radius 3 is 1.80 bits per heavy atom. The lowest BCUT2D eigenvalue weighted by molar-refractivity contribution is 0.661. The summed E-state index contributed by atoms with van der Waals surface area (Å²) in [6, 6.07) is 45.3. The van der Waals surface area contributed by atoms with Crippen LogP contribution in [0.2, 0.25) is 0 Å². The number of rotatable bonds is 2. The van der Waals surface area contributed by atoms with Gasteiger partial charge in [-0.1, -0.05) is 116 Å². The number of fused-ring (bicyclic) bond motifs is 8. The zero-order valence-electron chi connectivity index (χ0n) is 26.5. The third-order valence-corrected chi connectivity index (χ3v) is 10.7. The number of furan rings is 1. The van der Waals surface area contributed by atoms with Crippen LogP contribution in [0, 0.1) is 13.8 Å². The topological polar surface area (TPSA) is 13.1 Å². The van der Waals surface area contributed by atoms with E-state index >= 15 is 0 Å². The first-order chi connectivity index (χ1) is 22.4.